The molecule has 3 rings (SSSR count). The van der Waals surface area contributed by atoms with E-state index in [1.54, 1.807) is 37.3 Å². The smallest absolute Gasteiger partial charge is 0.289 e. The van der Waals surface area contributed by atoms with Gasteiger partial charge in [0.2, 0.25) is 0 Å². The summed E-state index contributed by atoms with van der Waals surface area (Å²) in [6.07, 6.45) is 6.57. The highest BCUT2D eigenvalue weighted by molar-refractivity contribution is 7.91. The second-order valence-electron chi connectivity index (χ2n) is 9.67. The van der Waals surface area contributed by atoms with Gasteiger partial charge in [0.1, 0.15) is 5.69 Å². The molecule has 39 heavy (non-hydrogen) atoms. The summed E-state index contributed by atoms with van der Waals surface area (Å²) in [5.41, 5.74) is 9.45. The van der Waals surface area contributed by atoms with Crippen LogP contribution in [-0.4, -0.2) is 71.1 Å². The molecular formula is C27H38N8O3S. The third kappa shape index (κ3) is 7.69. The topological polar surface area (TPSA) is 156 Å². The summed E-state index contributed by atoms with van der Waals surface area (Å²) in [6.45, 7) is 10.0. The number of amides is 1. The lowest BCUT2D eigenvalue weighted by Crippen LogP contribution is -2.43. The molecule has 2 aromatic heterocycles. The number of sulfone groups is 1. The fraction of sp³-hybridized carbons (Fsp3) is 0.481. The second-order valence-corrected chi connectivity index (χ2v) is 11.9. The maximum absolute atomic E-state index is 13.2. The van der Waals surface area contributed by atoms with Crippen molar-refractivity contribution in [1.29, 1.82) is 0 Å². The van der Waals surface area contributed by atoms with Crippen LogP contribution in [0, 0.1) is 5.92 Å². The molecule has 1 fully saturated rings. The Morgan fingerprint density at radius 3 is 2.31 bits per heavy atom. The van der Waals surface area contributed by atoms with Crippen molar-refractivity contribution in [2.75, 3.05) is 19.3 Å². The Labute approximate surface area is 230 Å². The van der Waals surface area contributed by atoms with Crippen molar-refractivity contribution < 1.29 is 13.2 Å². The fourth-order valence-corrected chi connectivity index (χ4v) is 4.50. The number of nitrogens with zero attached hydrogens (tertiary/aromatic N) is 6. The van der Waals surface area contributed by atoms with Gasteiger partial charge in [-0.1, -0.05) is 6.92 Å². The zero-order chi connectivity index (χ0) is 28.7. The van der Waals surface area contributed by atoms with Crippen LogP contribution >= 0.6 is 0 Å². The van der Waals surface area contributed by atoms with Crippen molar-refractivity contribution in [3.8, 4) is 0 Å². The van der Waals surface area contributed by atoms with Crippen molar-refractivity contribution >= 4 is 38.6 Å². The van der Waals surface area contributed by atoms with Gasteiger partial charge in [-0.2, -0.15) is 0 Å². The van der Waals surface area contributed by atoms with Crippen LogP contribution in [0.5, 0.6) is 0 Å². The third-order valence-corrected chi connectivity index (χ3v) is 8.04. The maximum Gasteiger partial charge on any atom is 0.289 e. The molecule has 0 unspecified atom stereocenters. The Balaban J connectivity index is 1.88. The molecule has 0 saturated heterocycles. The van der Waals surface area contributed by atoms with Gasteiger partial charge in [0.25, 0.3) is 5.91 Å². The van der Waals surface area contributed by atoms with Crippen LogP contribution < -0.4 is 11.1 Å². The minimum absolute atomic E-state index is 0.00455. The normalized spacial score (nSPS) is 15.3. The molecule has 3 N–H and O–H groups in total. The molecule has 1 aliphatic rings. The number of rotatable bonds is 10. The average molecular weight is 555 g/mol. The SMILES string of the molecule is CC/N=C(\C(=C(\C)N)c1ncc(/N=C(/NCc2ccc(S(=O)(=O)CC)cn2)C(=O)N(C)C(C)C)cn1)C1CC1. The van der Waals surface area contributed by atoms with Gasteiger partial charge in [-0.05, 0) is 52.7 Å². The highest BCUT2D eigenvalue weighted by atomic mass is 32.2. The zero-order valence-corrected chi connectivity index (χ0v) is 24.3. The molecule has 210 valence electrons. The predicted octanol–water partition coefficient (Wildman–Crippen LogP) is 2.91. The van der Waals surface area contributed by atoms with Crippen LogP contribution in [0.25, 0.3) is 5.57 Å². The molecule has 0 spiro atoms. The molecule has 0 aromatic carbocycles. The van der Waals surface area contributed by atoms with Crippen LogP contribution in [0.4, 0.5) is 5.69 Å². The van der Waals surface area contributed by atoms with Gasteiger partial charge >= 0.3 is 0 Å². The summed E-state index contributed by atoms with van der Waals surface area (Å²) in [4.78, 5) is 37.3. The van der Waals surface area contributed by atoms with E-state index in [4.69, 9.17) is 5.73 Å². The predicted molar refractivity (Wildman–Crippen MR) is 153 cm³/mol. The minimum atomic E-state index is -3.35. The van der Waals surface area contributed by atoms with Crippen molar-refractivity contribution in [2.24, 2.45) is 21.6 Å². The molecule has 11 nitrogen and oxygen atoms in total. The Bertz CT molecular complexity index is 1360. The molecular weight excluding hydrogens is 516 g/mol. The molecule has 2 heterocycles. The number of amidine groups is 1. The quantitative estimate of drug-likeness (QED) is 0.335. The van der Waals surface area contributed by atoms with Gasteiger partial charge in [0, 0.05) is 37.4 Å². The monoisotopic (exact) mass is 554 g/mol. The van der Waals surface area contributed by atoms with Crippen molar-refractivity contribution in [1.82, 2.24) is 25.2 Å². The van der Waals surface area contributed by atoms with E-state index in [-0.39, 0.29) is 35.0 Å². The minimum Gasteiger partial charge on any atom is -0.402 e. The number of aromatic nitrogens is 3. The maximum atomic E-state index is 13.2. The molecule has 0 bridgehead atoms. The summed E-state index contributed by atoms with van der Waals surface area (Å²) in [5, 5.41) is 3.05. The van der Waals surface area contributed by atoms with E-state index in [1.165, 1.54) is 12.3 Å². The number of nitrogens with two attached hydrogens (primary N) is 1. The summed E-state index contributed by atoms with van der Waals surface area (Å²) >= 11 is 0. The molecule has 1 amide bonds. The molecule has 0 radical (unpaired) electrons. The fourth-order valence-electron chi connectivity index (χ4n) is 3.67. The van der Waals surface area contributed by atoms with E-state index in [9.17, 15) is 13.2 Å². The number of hydrogen-bond donors (Lipinski definition) is 2. The molecule has 1 aliphatic carbocycles. The van der Waals surface area contributed by atoms with Gasteiger partial charge in [0.05, 0.1) is 46.6 Å². The molecule has 0 aliphatic heterocycles. The molecule has 1 saturated carbocycles. The second kappa shape index (κ2) is 12.9. The number of carbonyl (C=O) groups excluding carboxylic acids is 1. The Morgan fingerprint density at radius 2 is 1.82 bits per heavy atom. The standard InChI is InChI=1S/C27H38N8O3S/c1-7-29-24(19-9-10-19)23(18(5)28)25-31-14-21(15-32-25)34-26(27(36)35(6)17(3)4)33-13-20-11-12-22(16-30-20)39(37,38)8-2/h11-12,14-17,19H,7-10,13,28H2,1-6H3,(H,33,34)/b23-18+,29-24-. The Hall–Kier alpha value is -3.67. The van der Waals surface area contributed by atoms with Crippen LogP contribution in [0.3, 0.4) is 0 Å². The largest absolute Gasteiger partial charge is 0.402 e. The van der Waals surface area contributed by atoms with E-state index >= 15 is 0 Å². The molecule has 12 heteroatoms. The zero-order valence-electron chi connectivity index (χ0n) is 23.5. The Kier molecular flexibility index (Phi) is 9.90. The first-order chi connectivity index (χ1) is 18.5. The number of aliphatic imine (C=N–C) groups is 2. The molecule has 2 aromatic rings. The third-order valence-electron chi connectivity index (χ3n) is 6.32. The van der Waals surface area contributed by atoms with Crippen molar-refractivity contribution in [2.45, 2.75) is 64.9 Å². The number of pyridine rings is 1. The van der Waals surface area contributed by atoms with Gasteiger partial charge in [-0.15, -0.1) is 0 Å². The first-order valence-electron chi connectivity index (χ1n) is 13.1. The van der Waals surface area contributed by atoms with E-state index < -0.39 is 9.84 Å². The van der Waals surface area contributed by atoms with E-state index in [0.29, 0.717) is 35.4 Å². The van der Waals surface area contributed by atoms with Gasteiger partial charge in [0.15, 0.2) is 21.5 Å². The van der Waals surface area contributed by atoms with Gasteiger partial charge in [-0.3, -0.25) is 14.8 Å². The first-order valence-corrected chi connectivity index (χ1v) is 14.7. The summed E-state index contributed by atoms with van der Waals surface area (Å²) < 4.78 is 24.1. The van der Waals surface area contributed by atoms with Gasteiger partial charge in [-0.25, -0.2) is 23.4 Å². The van der Waals surface area contributed by atoms with Crippen molar-refractivity contribution in [3.05, 3.63) is 47.9 Å². The van der Waals surface area contributed by atoms with E-state index in [1.807, 2.05) is 27.7 Å². The summed E-state index contributed by atoms with van der Waals surface area (Å²) in [7, 11) is -1.65. The number of allylic oxidation sites excluding steroid dienone is 2. The summed E-state index contributed by atoms with van der Waals surface area (Å²) in [5.74, 6) is 0.620. The van der Waals surface area contributed by atoms with Gasteiger partial charge < -0.3 is 16.0 Å². The van der Waals surface area contributed by atoms with E-state index in [0.717, 1.165) is 24.1 Å². The number of likely N-dealkylation sites (N-methyl/N-ethyl adjacent to an activating group) is 1. The number of hydrogen-bond acceptors (Lipinski definition) is 9. The van der Waals surface area contributed by atoms with E-state index in [2.05, 4.69) is 30.3 Å². The lowest BCUT2D eigenvalue weighted by atomic mass is 10.0. The average Bonchev–Trinajstić information content (AvgIpc) is 3.76. The number of carbonyl (C=O) groups is 1. The summed E-state index contributed by atoms with van der Waals surface area (Å²) in [6, 6.07) is 3.06. The van der Waals surface area contributed by atoms with Crippen LogP contribution in [-0.2, 0) is 21.2 Å². The molecule has 0 atom stereocenters. The number of nitrogens with one attached hydrogen (secondary N) is 1. The lowest BCUT2D eigenvalue weighted by Gasteiger charge is -2.22. The van der Waals surface area contributed by atoms with Crippen LogP contribution in [0.2, 0.25) is 0 Å². The highest BCUT2D eigenvalue weighted by Gasteiger charge is 2.32. The van der Waals surface area contributed by atoms with Crippen LogP contribution in [0.1, 0.15) is 59.0 Å². The first kappa shape index (κ1) is 29.9. The lowest BCUT2D eigenvalue weighted by molar-refractivity contribution is -0.124. The van der Waals surface area contributed by atoms with Crippen LogP contribution in [0.15, 0.2) is 51.3 Å². The van der Waals surface area contributed by atoms with Crippen molar-refractivity contribution in [3.63, 3.8) is 0 Å². The Morgan fingerprint density at radius 1 is 1.15 bits per heavy atom. The highest BCUT2D eigenvalue weighted by Crippen LogP contribution is 2.36.